The van der Waals surface area contributed by atoms with Crippen LogP contribution in [0.25, 0.3) is 10.2 Å². The maximum Gasteiger partial charge on any atom is 0.251 e. The van der Waals surface area contributed by atoms with Crippen molar-refractivity contribution in [3.05, 3.63) is 29.3 Å². The summed E-state index contributed by atoms with van der Waals surface area (Å²) >= 11 is 1.53. The summed E-state index contributed by atoms with van der Waals surface area (Å²) in [6.45, 7) is 6.50. The number of halogens is 2. The van der Waals surface area contributed by atoms with Gasteiger partial charge >= 0.3 is 0 Å². The molecule has 0 aliphatic heterocycles. The fourth-order valence-corrected chi connectivity index (χ4v) is 2.48. The van der Waals surface area contributed by atoms with E-state index in [9.17, 15) is 4.79 Å². The number of nitrogens with two attached hydrogens (primary N) is 1. The van der Waals surface area contributed by atoms with Gasteiger partial charge in [0.25, 0.3) is 5.91 Å². The lowest BCUT2D eigenvalue weighted by molar-refractivity contribution is 0.0883. The Kier molecular flexibility index (Phi) is 7.61. The Hall–Kier alpha value is -0.880. The number of nitrogens with one attached hydrogen (secondary N) is 1. The van der Waals surface area contributed by atoms with Gasteiger partial charge in [-0.15, -0.1) is 36.2 Å². The summed E-state index contributed by atoms with van der Waals surface area (Å²) in [5.41, 5.74) is 8.75. The minimum Gasteiger partial charge on any atom is -0.345 e. The molecule has 21 heavy (non-hydrogen) atoms. The van der Waals surface area contributed by atoms with Crippen molar-refractivity contribution >= 4 is 52.3 Å². The van der Waals surface area contributed by atoms with Gasteiger partial charge in [0.1, 0.15) is 0 Å². The summed E-state index contributed by atoms with van der Waals surface area (Å²) in [5.74, 6) is 0.186. The SMILES string of the molecule is CC(C)C(C)(CN)NC(=O)c1ccc2ncsc2c1.Cl.Cl. The standard InChI is InChI=1S/C14H19N3OS.2ClH/c1-9(2)14(3,7-15)17-13(18)10-4-5-11-12(6-10)19-8-16-11;;/h4-6,8-9H,7,15H2,1-3H3,(H,17,18);2*1H. The Bertz CT molecular complexity index is 603. The fourth-order valence-electron chi connectivity index (χ4n) is 1.76. The molecule has 1 aromatic heterocycles. The van der Waals surface area contributed by atoms with Crippen molar-refractivity contribution in [3.63, 3.8) is 0 Å². The Morgan fingerprint density at radius 2 is 2.10 bits per heavy atom. The van der Waals surface area contributed by atoms with Crippen LogP contribution in [-0.4, -0.2) is 23.0 Å². The largest absolute Gasteiger partial charge is 0.345 e. The second-order valence-corrected chi connectivity index (χ2v) is 6.15. The van der Waals surface area contributed by atoms with Crippen LogP contribution in [-0.2, 0) is 0 Å². The normalized spacial score (nSPS) is 13.2. The van der Waals surface area contributed by atoms with Gasteiger partial charge in [0.2, 0.25) is 0 Å². The van der Waals surface area contributed by atoms with Gasteiger partial charge in [-0.05, 0) is 31.0 Å². The molecule has 3 N–H and O–H groups in total. The number of hydrogen-bond acceptors (Lipinski definition) is 4. The monoisotopic (exact) mass is 349 g/mol. The number of fused-ring (bicyclic) bond motifs is 1. The maximum atomic E-state index is 12.3. The van der Waals surface area contributed by atoms with Crippen LogP contribution >= 0.6 is 36.2 Å². The first-order valence-electron chi connectivity index (χ1n) is 6.32. The van der Waals surface area contributed by atoms with Crippen molar-refractivity contribution in [1.82, 2.24) is 10.3 Å². The zero-order valence-electron chi connectivity index (χ0n) is 12.3. The number of carbonyl (C=O) groups is 1. The molecular weight excluding hydrogens is 329 g/mol. The first-order valence-corrected chi connectivity index (χ1v) is 7.20. The molecule has 2 aromatic rings. The number of amides is 1. The summed E-state index contributed by atoms with van der Waals surface area (Å²) in [6, 6.07) is 5.55. The van der Waals surface area contributed by atoms with Crippen LogP contribution in [0.2, 0.25) is 0 Å². The third-order valence-electron chi connectivity index (χ3n) is 3.69. The summed E-state index contributed by atoms with van der Waals surface area (Å²) < 4.78 is 1.02. The topological polar surface area (TPSA) is 68.0 Å². The number of rotatable bonds is 4. The van der Waals surface area contributed by atoms with Crippen molar-refractivity contribution in [1.29, 1.82) is 0 Å². The molecule has 118 valence electrons. The van der Waals surface area contributed by atoms with Crippen molar-refractivity contribution in [2.24, 2.45) is 11.7 Å². The van der Waals surface area contributed by atoms with E-state index in [2.05, 4.69) is 24.1 Å². The molecule has 0 saturated heterocycles. The number of aromatic nitrogens is 1. The van der Waals surface area contributed by atoms with Crippen LogP contribution in [0, 0.1) is 5.92 Å². The Labute approximate surface area is 141 Å². The number of nitrogens with zero attached hydrogens (tertiary/aromatic N) is 1. The first kappa shape index (κ1) is 20.1. The van der Waals surface area contributed by atoms with E-state index in [1.54, 1.807) is 11.6 Å². The minimum absolute atomic E-state index is 0. The highest BCUT2D eigenvalue weighted by molar-refractivity contribution is 7.16. The molecule has 0 radical (unpaired) electrons. The van der Waals surface area contributed by atoms with Crippen molar-refractivity contribution in [2.75, 3.05) is 6.54 Å². The molecule has 7 heteroatoms. The van der Waals surface area contributed by atoms with E-state index >= 15 is 0 Å². The molecule has 2 rings (SSSR count). The van der Waals surface area contributed by atoms with E-state index < -0.39 is 0 Å². The number of hydrogen-bond donors (Lipinski definition) is 2. The highest BCUT2D eigenvalue weighted by atomic mass is 35.5. The van der Waals surface area contributed by atoms with Gasteiger partial charge in [0.15, 0.2) is 0 Å². The minimum atomic E-state index is -0.389. The summed E-state index contributed by atoms with van der Waals surface area (Å²) in [5, 5.41) is 3.04. The smallest absolute Gasteiger partial charge is 0.251 e. The van der Waals surface area contributed by atoms with E-state index in [-0.39, 0.29) is 42.2 Å². The highest BCUT2D eigenvalue weighted by Gasteiger charge is 2.28. The fraction of sp³-hybridized carbons (Fsp3) is 0.429. The molecule has 0 bridgehead atoms. The van der Waals surface area contributed by atoms with Gasteiger partial charge in [0.05, 0.1) is 21.3 Å². The maximum absolute atomic E-state index is 12.3. The van der Waals surface area contributed by atoms with Crippen molar-refractivity contribution < 1.29 is 4.79 Å². The van der Waals surface area contributed by atoms with Crippen LogP contribution in [0.3, 0.4) is 0 Å². The quantitative estimate of drug-likeness (QED) is 0.889. The first-order chi connectivity index (χ1) is 8.96. The molecule has 1 unspecified atom stereocenters. The van der Waals surface area contributed by atoms with Gasteiger partial charge < -0.3 is 11.1 Å². The molecule has 1 amide bonds. The predicted octanol–water partition coefficient (Wildman–Crippen LogP) is 3.24. The molecule has 0 saturated carbocycles. The van der Waals surface area contributed by atoms with E-state index in [0.717, 1.165) is 10.2 Å². The molecule has 1 aromatic carbocycles. The molecule has 0 aliphatic carbocycles. The van der Waals surface area contributed by atoms with Crippen LogP contribution in [0.5, 0.6) is 0 Å². The third kappa shape index (κ3) is 4.30. The van der Waals surface area contributed by atoms with Crippen LogP contribution in [0.15, 0.2) is 23.7 Å². The van der Waals surface area contributed by atoms with E-state index in [0.29, 0.717) is 12.1 Å². The lowest BCUT2D eigenvalue weighted by atomic mass is 9.88. The lowest BCUT2D eigenvalue weighted by Crippen LogP contribution is -2.55. The molecule has 1 heterocycles. The second-order valence-electron chi connectivity index (χ2n) is 5.27. The van der Waals surface area contributed by atoms with E-state index in [1.165, 1.54) is 11.3 Å². The zero-order chi connectivity index (χ0) is 14.0. The molecule has 4 nitrogen and oxygen atoms in total. The average Bonchev–Trinajstić information content (AvgIpc) is 2.85. The average molecular weight is 350 g/mol. The summed E-state index contributed by atoms with van der Waals surface area (Å²) in [6.07, 6.45) is 0. The van der Waals surface area contributed by atoms with E-state index in [4.69, 9.17) is 5.73 Å². The van der Waals surface area contributed by atoms with Crippen molar-refractivity contribution in [2.45, 2.75) is 26.3 Å². The van der Waals surface area contributed by atoms with Crippen molar-refractivity contribution in [3.8, 4) is 0 Å². The highest BCUT2D eigenvalue weighted by Crippen LogP contribution is 2.20. The lowest BCUT2D eigenvalue weighted by Gasteiger charge is -2.33. The summed E-state index contributed by atoms with van der Waals surface area (Å²) in [7, 11) is 0. The van der Waals surface area contributed by atoms with E-state index in [1.807, 2.05) is 19.1 Å². The number of carbonyl (C=O) groups excluding carboxylic acids is 1. The predicted molar refractivity (Wildman–Crippen MR) is 93.9 cm³/mol. The molecule has 0 aliphatic rings. The van der Waals surface area contributed by atoms with Gasteiger partial charge in [0, 0.05) is 12.1 Å². The number of thiazole rings is 1. The van der Waals surface area contributed by atoms with Crippen LogP contribution < -0.4 is 11.1 Å². The third-order valence-corrected chi connectivity index (χ3v) is 4.48. The summed E-state index contributed by atoms with van der Waals surface area (Å²) in [4.78, 5) is 16.5. The number of benzene rings is 1. The molecular formula is C14H21Cl2N3OS. The Morgan fingerprint density at radius 1 is 1.43 bits per heavy atom. The van der Waals surface area contributed by atoms with Gasteiger partial charge in [-0.1, -0.05) is 13.8 Å². The molecule has 0 spiro atoms. The van der Waals surface area contributed by atoms with Gasteiger partial charge in [-0.25, -0.2) is 4.98 Å². The Balaban J connectivity index is 0.00000200. The van der Waals surface area contributed by atoms with Gasteiger partial charge in [-0.3, -0.25) is 4.79 Å². The second kappa shape index (κ2) is 7.94. The Morgan fingerprint density at radius 3 is 2.67 bits per heavy atom. The zero-order valence-corrected chi connectivity index (χ0v) is 14.7. The van der Waals surface area contributed by atoms with Crippen LogP contribution in [0.4, 0.5) is 0 Å². The van der Waals surface area contributed by atoms with Gasteiger partial charge in [-0.2, -0.15) is 0 Å². The molecule has 0 fully saturated rings. The van der Waals surface area contributed by atoms with Crippen LogP contribution in [0.1, 0.15) is 31.1 Å². The molecule has 1 atom stereocenters.